The molecule has 2 aromatic heterocycles. The smallest absolute Gasteiger partial charge is 0.257 e. The van der Waals surface area contributed by atoms with E-state index in [9.17, 15) is 0 Å². The normalized spacial score (nSPS) is 16.1. The van der Waals surface area contributed by atoms with Crippen molar-refractivity contribution in [3.8, 4) is 5.95 Å². The molecule has 1 atom stereocenters. The summed E-state index contributed by atoms with van der Waals surface area (Å²) in [5.74, 6) is 7.34. The zero-order chi connectivity index (χ0) is 13.2. The summed E-state index contributed by atoms with van der Waals surface area (Å²) in [5, 5.41) is 7.38. The van der Waals surface area contributed by atoms with E-state index >= 15 is 0 Å². The van der Waals surface area contributed by atoms with Crippen molar-refractivity contribution < 1.29 is 0 Å². The third-order valence-electron chi connectivity index (χ3n) is 3.15. The van der Waals surface area contributed by atoms with Crippen LogP contribution in [-0.2, 0) is 0 Å². The zero-order valence-corrected chi connectivity index (χ0v) is 10.6. The SMILES string of the molecule is CC(Nc1nc(NN)nc(-n2cccn2)n1)C1CC1. The van der Waals surface area contributed by atoms with Gasteiger partial charge in [0, 0.05) is 18.4 Å². The maximum atomic E-state index is 5.38. The number of aromatic nitrogens is 5. The van der Waals surface area contributed by atoms with E-state index in [1.807, 2.05) is 0 Å². The van der Waals surface area contributed by atoms with Crippen LogP contribution in [0.2, 0.25) is 0 Å². The van der Waals surface area contributed by atoms with Crippen LogP contribution in [0.1, 0.15) is 19.8 Å². The number of rotatable bonds is 5. The lowest BCUT2D eigenvalue weighted by Gasteiger charge is -2.13. The minimum absolute atomic E-state index is 0.311. The van der Waals surface area contributed by atoms with Crippen LogP contribution in [0.15, 0.2) is 18.5 Å². The molecule has 100 valence electrons. The number of nitrogens with two attached hydrogens (primary N) is 1. The van der Waals surface area contributed by atoms with E-state index in [-0.39, 0.29) is 0 Å². The van der Waals surface area contributed by atoms with Gasteiger partial charge in [0.1, 0.15) is 0 Å². The van der Waals surface area contributed by atoms with Gasteiger partial charge in [-0.3, -0.25) is 5.43 Å². The van der Waals surface area contributed by atoms with Crippen LogP contribution >= 0.6 is 0 Å². The Labute approximate surface area is 110 Å². The van der Waals surface area contributed by atoms with Gasteiger partial charge in [-0.15, -0.1) is 0 Å². The van der Waals surface area contributed by atoms with Gasteiger partial charge >= 0.3 is 0 Å². The predicted octanol–water partition coefficient (Wildman–Crippen LogP) is 0.553. The van der Waals surface area contributed by atoms with E-state index in [1.165, 1.54) is 12.8 Å². The van der Waals surface area contributed by atoms with Crippen LogP contribution in [0.5, 0.6) is 0 Å². The Balaban J connectivity index is 1.88. The van der Waals surface area contributed by atoms with Gasteiger partial charge in [-0.1, -0.05) is 0 Å². The summed E-state index contributed by atoms with van der Waals surface area (Å²) >= 11 is 0. The first-order valence-corrected chi connectivity index (χ1v) is 6.25. The highest BCUT2D eigenvalue weighted by Gasteiger charge is 2.28. The molecule has 0 aliphatic heterocycles. The second-order valence-corrected chi connectivity index (χ2v) is 4.65. The number of hydrogen-bond donors (Lipinski definition) is 3. The molecule has 8 heteroatoms. The zero-order valence-electron chi connectivity index (χ0n) is 10.6. The van der Waals surface area contributed by atoms with Gasteiger partial charge in [0.15, 0.2) is 0 Å². The van der Waals surface area contributed by atoms with Crippen LogP contribution in [0.3, 0.4) is 0 Å². The van der Waals surface area contributed by atoms with Crippen molar-refractivity contribution in [3.05, 3.63) is 18.5 Å². The quantitative estimate of drug-likeness (QED) is 0.532. The number of anilines is 2. The van der Waals surface area contributed by atoms with E-state index in [0.717, 1.165) is 0 Å². The largest absolute Gasteiger partial charge is 0.351 e. The van der Waals surface area contributed by atoms with E-state index in [0.29, 0.717) is 29.8 Å². The van der Waals surface area contributed by atoms with E-state index in [2.05, 4.69) is 37.7 Å². The van der Waals surface area contributed by atoms with E-state index < -0.39 is 0 Å². The maximum absolute atomic E-state index is 5.38. The molecule has 0 bridgehead atoms. The molecule has 0 aromatic carbocycles. The molecule has 2 heterocycles. The minimum Gasteiger partial charge on any atom is -0.351 e. The molecule has 1 aliphatic rings. The highest BCUT2D eigenvalue weighted by atomic mass is 15.4. The van der Waals surface area contributed by atoms with E-state index in [1.54, 1.807) is 23.1 Å². The van der Waals surface area contributed by atoms with Gasteiger partial charge in [-0.25, -0.2) is 10.5 Å². The molecule has 0 radical (unpaired) electrons. The summed E-state index contributed by atoms with van der Waals surface area (Å²) in [6.45, 7) is 2.13. The molecule has 1 saturated carbocycles. The Morgan fingerprint density at radius 2 is 2.11 bits per heavy atom. The first kappa shape index (κ1) is 11.8. The fourth-order valence-corrected chi connectivity index (χ4v) is 1.90. The summed E-state index contributed by atoms with van der Waals surface area (Å²) in [6.07, 6.45) is 5.95. The molecule has 8 nitrogen and oxygen atoms in total. The Hall–Kier alpha value is -2.22. The molecule has 4 N–H and O–H groups in total. The number of nitrogen functional groups attached to an aromatic ring is 1. The molecule has 0 saturated heterocycles. The minimum atomic E-state index is 0.311. The molecule has 0 amide bonds. The Morgan fingerprint density at radius 3 is 2.74 bits per heavy atom. The molecule has 2 aromatic rings. The van der Waals surface area contributed by atoms with Crippen LogP contribution in [0.25, 0.3) is 5.95 Å². The van der Waals surface area contributed by atoms with E-state index in [4.69, 9.17) is 5.84 Å². The van der Waals surface area contributed by atoms with Gasteiger partial charge in [0.25, 0.3) is 5.95 Å². The van der Waals surface area contributed by atoms with Crippen molar-refractivity contribution in [2.45, 2.75) is 25.8 Å². The molecule has 1 aliphatic carbocycles. The van der Waals surface area contributed by atoms with Crippen LogP contribution in [0, 0.1) is 5.92 Å². The molecular weight excluding hydrogens is 244 g/mol. The number of nitrogens with zero attached hydrogens (tertiary/aromatic N) is 5. The van der Waals surface area contributed by atoms with Crippen molar-refractivity contribution in [1.82, 2.24) is 24.7 Å². The van der Waals surface area contributed by atoms with Crippen LogP contribution in [0.4, 0.5) is 11.9 Å². The lowest BCUT2D eigenvalue weighted by Crippen LogP contribution is -2.22. The van der Waals surface area contributed by atoms with Crippen molar-refractivity contribution in [2.24, 2.45) is 11.8 Å². The van der Waals surface area contributed by atoms with Crippen LogP contribution in [-0.4, -0.2) is 30.8 Å². The highest BCUT2D eigenvalue weighted by molar-refractivity contribution is 5.37. The monoisotopic (exact) mass is 260 g/mol. The Morgan fingerprint density at radius 1 is 1.32 bits per heavy atom. The Kier molecular flexibility index (Phi) is 3.00. The third-order valence-corrected chi connectivity index (χ3v) is 3.15. The first-order chi connectivity index (χ1) is 9.26. The topological polar surface area (TPSA) is 107 Å². The van der Waals surface area contributed by atoms with Crippen molar-refractivity contribution in [3.63, 3.8) is 0 Å². The summed E-state index contributed by atoms with van der Waals surface area (Å²) in [4.78, 5) is 12.7. The second kappa shape index (κ2) is 4.81. The lowest BCUT2D eigenvalue weighted by atomic mass is 10.2. The fourth-order valence-electron chi connectivity index (χ4n) is 1.90. The van der Waals surface area contributed by atoms with Gasteiger partial charge in [0.05, 0.1) is 0 Å². The molecular formula is C11H16N8. The summed E-state index contributed by atoms with van der Waals surface area (Å²) < 4.78 is 1.56. The molecule has 19 heavy (non-hydrogen) atoms. The van der Waals surface area contributed by atoms with Gasteiger partial charge in [-0.2, -0.15) is 20.1 Å². The standard InChI is InChI=1S/C11H16N8/c1-7(8-3-4-8)14-9-15-10(18-12)17-11(16-9)19-6-2-5-13-19/h2,5-8H,3-4,12H2,1H3,(H2,14,15,16,17,18). The average molecular weight is 260 g/mol. The summed E-state index contributed by atoms with van der Waals surface area (Å²) in [7, 11) is 0. The maximum Gasteiger partial charge on any atom is 0.257 e. The number of nitrogens with one attached hydrogen (secondary N) is 2. The van der Waals surface area contributed by atoms with Crippen molar-refractivity contribution >= 4 is 11.9 Å². The van der Waals surface area contributed by atoms with Gasteiger partial charge < -0.3 is 5.32 Å². The number of hydrogen-bond acceptors (Lipinski definition) is 7. The first-order valence-electron chi connectivity index (χ1n) is 6.25. The molecule has 1 fully saturated rings. The lowest BCUT2D eigenvalue weighted by molar-refractivity contribution is 0.682. The van der Waals surface area contributed by atoms with Crippen molar-refractivity contribution in [1.29, 1.82) is 0 Å². The second-order valence-electron chi connectivity index (χ2n) is 4.65. The number of hydrazine groups is 1. The summed E-state index contributed by atoms with van der Waals surface area (Å²) in [6, 6.07) is 2.15. The highest BCUT2D eigenvalue weighted by Crippen LogP contribution is 2.33. The van der Waals surface area contributed by atoms with Crippen LogP contribution < -0.4 is 16.6 Å². The average Bonchev–Trinajstić information content (AvgIpc) is 3.13. The van der Waals surface area contributed by atoms with Crippen molar-refractivity contribution in [2.75, 3.05) is 10.7 Å². The van der Waals surface area contributed by atoms with Gasteiger partial charge in [0.2, 0.25) is 11.9 Å². The van der Waals surface area contributed by atoms with Gasteiger partial charge in [-0.05, 0) is 31.7 Å². The molecule has 3 rings (SSSR count). The molecule has 0 spiro atoms. The summed E-state index contributed by atoms with van der Waals surface area (Å²) in [5.41, 5.74) is 2.44. The Bertz CT molecular complexity index is 548. The molecule has 1 unspecified atom stereocenters. The predicted molar refractivity (Wildman–Crippen MR) is 70.6 cm³/mol. The third kappa shape index (κ3) is 2.63. The fraction of sp³-hybridized carbons (Fsp3) is 0.455.